The zero-order valence-electron chi connectivity index (χ0n) is 10.3. The third-order valence-electron chi connectivity index (χ3n) is 2.64. The molecule has 4 nitrogen and oxygen atoms in total. The van der Waals surface area contributed by atoms with Crippen LogP contribution >= 0.6 is 23.2 Å². The lowest BCUT2D eigenvalue weighted by molar-refractivity contribution is -0.116. The quantitative estimate of drug-likeness (QED) is 0.811. The largest absolute Gasteiger partial charge is 0.336 e. The summed E-state index contributed by atoms with van der Waals surface area (Å²) >= 11 is 11.8. The summed E-state index contributed by atoms with van der Waals surface area (Å²) in [6.45, 7) is 2.22. The van der Waals surface area contributed by atoms with E-state index in [0.717, 1.165) is 5.56 Å². The summed E-state index contributed by atoms with van der Waals surface area (Å²) in [5, 5.41) is 4.24. The molecule has 0 unspecified atom stereocenters. The van der Waals surface area contributed by atoms with Gasteiger partial charge in [-0.1, -0.05) is 47.1 Å². The van der Waals surface area contributed by atoms with Crippen LogP contribution in [0.15, 0.2) is 34.9 Å². The van der Waals surface area contributed by atoms with Gasteiger partial charge in [0.1, 0.15) is 16.6 Å². The number of carbonyl (C=O) groups excluding carboxylic acids is 1. The van der Waals surface area contributed by atoms with Crippen molar-refractivity contribution in [3.63, 3.8) is 0 Å². The van der Waals surface area contributed by atoms with Crippen molar-refractivity contribution < 1.29 is 9.32 Å². The highest BCUT2D eigenvalue weighted by Gasteiger charge is 2.24. The van der Waals surface area contributed by atoms with E-state index in [1.165, 1.54) is 4.90 Å². The molecule has 0 radical (unpaired) electrons. The van der Waals surface area contributed by atoms with Crippen molar-refractivity contribution in [1.82, 2.24) is 5.16 Å². The number of benzene rings is 1. The molecule has 0 atom stereocenters. The molecule has 0 spiro atoms. The Bertz CT molecular complexity index is 569. The van der Waals surface area contributed by atoms with Gasteiger partial charge in [0, 0.05) is 12.1 Å². The summed E-state index contributed by atoms with van der Waals surface area (Å²) in [6.07, 6.45) is 0. The molecule has 0 aliphatic heterocycles. The van der Waals surface area contributed by atoms with Crippen LogP contribution < -0.4 is 4.90 Å². The Hall–Kier alpha value is -1.52. The van der Waals surface area contributed by atoms with Gasteiger partial charge in [-0.25, -0.2) is 0 Å². The normalized spacial score (nSPS) is 10.5. The number of hydrogen-bond donors (Lipinski definition) is 0. The maximum atomic E-state index is 11.7. The van der Waals surface area contributed by atoms with Crippen molar-refractivity contribution in [3.8, 4) is 11.3 Å². The van der Waals surface area contributed by atoms with E-state index in [0.29, 0.717) is 17.3 Å². The van der Waals surface area contributed by atoms with E-state index in [1.54, 1.807) is 0 Å². The number of anilines is 1. The summed E-state index contributed by atoms with van der Waals surface area (Å²) in [7, 11) is 0. The first-order valence-corrected chi connectivity index (χ1v) is 6.67. The summed E-state index contributed by atoms with van der Waals surface area (Å²) in [6, 6.07) is 9.39. The van der Waals surface area contributed by atoms with Crippen LogP contribution in [-0.4, -0.2) is 23.5 Å². The molecular weight excluding hydrogens is 287 g/mol. The highest BCUT2D eigenvalue weighted by molar-refractivity contribution is 6.36. The van der Waals surface area contributed by atoms with Crippen molar-refractivity contribution in [1.29, 1.82) is 0 Å². The molecule has 0 saturated carbocycles. The SMILES string of the molecule is CCN(C(=O)CCl)c1onc(-c2ccccc2)c1Cl. The van der Waals surface area contributed by atoms with Gasteiger partial charge in [-0.05, 0) is 6.92 Å². The molecule has 2 rings (SSSR count). The lowest BCUT2D eigenvalue weighted by atomic mass is 10.1. The second-order valence-electron chi connectivity index (χ2n) is 3.79. The average Bonchev–Trinajstić information content (AvgIpc) is 2.82. The van der Waals surface area contributed by atoms with Gasteiger partial charge in [0.2, 0.25) is 5.91 Å². The van der Waals surface area contributed by atoms with Crippen LogP contribution in [-0.2, 0) is 4.79 Å². The van der Waals surface area contributed by atoms with E-state index in [-0.39, 0.29) is 17.7 Å². The van der Waals surface area contributed by atoms with Crippen LogP contribution in [0.1, 0.15) is 6.92 Å². The summed E-state index contributed by atoms with van der Waals surface area (Å²) < 4.78 is 5.19. The third kappa shape index (κ3) is 2.74. The van der Waals surface area contributed by atoms with Crippen molar-refractivity contribution in [2.45, 2.75) is 6.92 Å². The first-order chi connectivity index (χ1) is 9.19. The van der Waals surface area contributed by atoms with Crippen LogP contribution in [0.5, 0.6) is 0 Å². The highest BCUT2D eigenvalue weighted by Crippen LogP contribution is 2.35. The van der Waals surface area contributed by atoms with E-state index >= 15 is 0 Å². The molecule has 0 aliphatic carbocycles. The number of nitrogens with zero attached hydrogens (tertiary/aromatic N) is 2. The Morgan fingerprint density at radius 3 is 2.63 bits per heavy atom. The second kappa shape index (κ2) is 6.08. The van der Waals surface area contributed by atoms with Gasteiger partial charge in [0.15, 0.2) is 0 Å². The molecular formula is C13H12Cl2N2O2. The number of amides is 1. The van der Waals surface area contributed by atoms with Gasteiger partial charge in [0.05, 0.1) is 0 Å². The standard InChI is InChI=1S/C13H12Cl2N2O2/c1-2-17(10(18)8-14)13-11(15)12(16-19-13)9-6-4-3-5-7-9/h3-7H,2,8H2,1H3. The Balaban J connectivity index is 2.40. The van der Waals surface area contributed by atoms with E-state index in [2.05, 4.69) is 5.16 Å². The number of rotatable bonds is 4. The number of aromatic nitrogens is 1. The zero-order chi connectivity index (χ0) is 13.8. The van der Waals surface area contributed by atoms with Gasteiger partial charge in [-0.3, -0.25) is 9.69 Å². The second-order valence-corrected chi connectivity index (χ2v) is 4.43. The van der Waals surface area contributed by atoms with Crippen LogP contribution in [0, 0.1) is 0 Å². The minimum absolute atomic E-state index is 0.133. The number of alkyl halides is 1. The molecule has 0 fully saturated rings. The molecule has 0 saturated heterocycles. The lowest BCUT2D eigenvalue weighted by Crippen LogP contribution is -2.31. The molecule has 100 valence electrons. The molecule has 1 aromatic carbocycles. The molecule has 6 heteroatoms. The van der Waals surface area contributed by atoms with E-state index in [4.69, 9.17) is 27.7 Å². The molecule has 0 bridgehead atoms. The molecule has 19 heavy (non-hydrogen) atoms. The van der Waals surface area contributed by atoms with Gasteiger partial charge in [0.25, 0.3) is 5.88 Å². The fraction of sp³-hybridized carbons (Fsp3) is 0.231. The van der Waals surface area contributed by atoms with Crippen molar-refractivity contribution in [3.05, 3.63) is 35.4 Å². The van der Waals surface area contributed by atoms with Crippen molar-refractivity contribution in [2.24, 2.45) is 0 Å². The lowest BCUT2D eigenvalue weighted by Gasteiger charge is -2.15. The Morgan fingerprint density at radius 2 is 2.05 bits per heavy atom. The maximum absolute atomic E-state index is 11.7. The molecule has 2 aromatic rings. The van der Waals surface area contributed by atoms with Gasteiger partial charge < -0.3 is 4.52 Å². The van der Waals surface area contributed by atoms with E-state index in [9.17, 15) is 4.79 Å². The fourth-order valence-electron chi connectivity index (χ4n) is 1.72. The van der Waals surface area contributed by atoms with Crippen LogP contribution in [0.3, 0.4) is 0 Å². The number of hydrogen-bond acceptors (Lipinski definition) is 3. The van der Waals surface area contributed by atoms with Crippen molar-refractivity contribution >= 4 is 35.0 Å². The van der Waals surface area contributed by atoms with Crippen LogP contribution in [0.4, 0.5) is 5.88 Å². The molecule has 1 amide bonds. The predicted molar refractivity (Wildman–Crippen MR) is 75.7 cm³/mol. The van der Waals surface area contributed by atoms with E-state index in [1.807, 2.05) is 37.3 Å². The Labute approximate surface area is 120 Å². The van der Waals surface area contributed by atoms with E-state index < -0.39 is 0 Å². The van der Waals surface area contributed by atoms with Gasteiger partial charge >= 0.3 is 0 Å². The number of halogens is 2. The third-order valence-corrected chi connectivity index (χ3v) is 3.21. The zero-order valence-corrected chi connectivity index (χ0v) is 11.8. The first kappa shape index (κ1) is 13.9. The van der Waals surface area contributed by atoms with Gasteiger partial charge in [-0.2, -0.15) is 0 Å². The minimum Gasteiger partial charge on any atom is -0.336 e. The first-order valence-electron chi connectivity index (χ1n) is 5.76. The molecule has 0 aliphatic rings. The summed E-state index contributed by atoms with van der Waals surface area (Å²) in [4.78, 5) is 13.1. The number of carbonyl (C=O) groups is 1. The van der Waals surface area contributed by atoms with Crippen LogP contribution in [0.2, 0.25) is 5.02 Å². The summed E-state index contributed by atoms with van der Waals surface area (Å²) in [5.74, 6) is -0.179. The predicted octanol–water partition coefficient (Wildman–Crippen LogP) is 3.59. The highest BCUT2D eigenvalue weighted by atomic mass is 35.5. The topological polar surface area (TPSA) is 46.3 Å². The fourth-order valence-corrected chi connectivity index (χ4v) is 2.14. The maximum Gasteiger partial charge on any atom is 0.253 e. The minimum atomic E-state index is -0.276. The van der Waals surface area contributed by atoms with Gasteiger partial charge in [-0.15, -0.1) is 11.6 Å². The smallest absolute Gasteiger partial charge is 0.253 e. The summed E-state index contributed by atoms with van der Waals surface area (Å²) in [5.41, 5.74) is 1.34. The molecule has 0 N–H and O–H groups in total. The van der Waals surface area contributed by atoms with Crippen LogP contribution in [0.25, 0.3) is 11.3 Å². The Kier molecular flexibility index (Phi) is 4.45. The average molecular weight is 299 g/mol. The Morgan fingerprint density at radius 1 is 1.37 bits per heavy atom. The molecule has 1 heterocycles. The monoisotopic (exact) mass is 298 g/mol. The molecule has 1 aromatic heterocycles. The van der Waals surface area contributed by atoms with Crippen molar-refractivity contribution in [2.75, 3.05) is 17.3 Å².